The number of aliphatic carboxylic acids is 1. The van der Waals surface area contributed by atoms with Gasteiger partial charge < -0.3 is 15.2 Å². The first-order valence-electron chi connectivity index (χ1n) is 6.35. The lowest BCUT2D eigenvalue weighted by molar-refractivity contribution is -0.385. The molecule has 0 heterocycles. The van der Waals surface area contributed by atoms with Gasteiger partial charge in [0.2, 0.25) is 0 Å². The van der Waals surface area contributed by atoms with Crippen molar-refractivity contribution in [2.45, 2.75) is 25.8 Å². The minimum absolute atomic E-state index is 0.0109. The number of carboxylic acid groups (broad SMARTS) is 1. The summed E-state index contributed by atoms with van der Waals surface area (Å²) in [7, 11) is 0. The van der Waals surface area contributed by atoms with E-state index in [4.69, 9.17) is 16.3 Å². The van der Waals surface area contributed by atoms with Crippen LogP contribution < -0.4 is 10.1 Å². The highest BCUT2D eigenvalue weighted by molar-refractivity contribution is 6.30. The third-order valence-corrected chi connectivity index (χ3v) is 3.25. The second-order valence-electron chi connectivity index (χ2n) is 4.64. The van der Waals surface area contributed by atoms with Crippen LogP contribution in [0.5, 0.6) is 5.75 Å². The van der Waals surface area contributed by atoms with E-state index < -0.39 is 16.4 Å². The average Bonchev–Trinajstić information content (AvgIpc) is 2.38. The smallest absolute Gasteiger partial charge is 0.323 e. The van der Waals surface area contributed by atoms with Crippen LogP contribution in [0.25, 0.3) is 0 Å². The molecule has 0 spiro atoms. The minimum Gasteiger partial charge on any atom is -0.487 e. The van der Waals surface area contributed by atoms with Crippen molar-refractivity contribution in [2.24, 2.45) is 0 Å². The number of nitrogens with zero attached hydrogens (tertiary/aromatic N) is 1. The van der Waals surface area contributed by atoms with Crippen molar-refractivity contribution in [3.8, 4) is 5.75 Å². The lowest BCUT2D eigenvalue weighted by Gasteiger charge is -2.25. The summed E-state index contributed by atoms with van der Waals surface area (Å²) in [6.45, 7) is 3.83. The van der Waals surface area contributed by atoms with Gasteiger partial charge >= 0.3 is 11.7 Å². The molecule has 0 bridgehead atoms. The van der Waals surface area contributed by atoms with Crippen molar-refractivity contribution in [3.05, 3.63) is 33.3 Å². The third kappa shape index (κ3) is 4.57. The van der Waals surface area contributed by atoms with Gasteiger partial charge in [-0.1, -0.05) is 18.5 Å². The fraction of sp³-hybridized carbons (Fsp3) is 0.462. The number of halogens is 1. The van der Waals surface area contributed by atoms with E-state index in [-0.39, 0.29) is 24.5 Å². The van der Waals surface area contributed by atoms with Crippen LogP contribution in [0.4, 0.5) is 5.69 Å². The van der Waals surface area contributed by atoms with E-state index >= 15 is 0 Å². The van der Waals surface area contributed by atoms with Crippen LogP contribution in [-0.4, -0.2) is 34.7 Å². The number of hydrogen-bond acceptors (Lipinski definition) is 5. The van der Waals surface area contributed by atoms with Crippen LogP contribution in [-0.2, 0) is 4.79 Å². The van der Waals surface area contributed by atoms with Crippen LogP contribution in [0.15, 0.2) is 18.2 Å². The van der Waals surface area contributed by atoms with Gasteiger partial charge in [-0.2, -0.15) is 0 Å². The average molecular weight is 317 g/mol. The van der Waals surface area contributed by atoms with E-state index in [1.54, 1.807) is 6.92 Å². The molecule has 2 N–H and O–H groups in total. The molecule has 0 radical (unpaired) electrons. The van der Waals surface area contributed by atoms with Gasteiger partial charge in [-0.15, -0.1) is 0 Å². The molecule has 1 atom stereocenters. The van der Waals surface area contributed by atoms with Gasteiger partial charge in [0.25, 0.3) is 0 Å². The highest BCUT2D eigenvalue weighted by Crippen LogP contribution is 2.30. The second-order valence-corrected chi connectivity index (χ2v) is 5.07. The topological polar surface area (TPSA) is 102 Å². The molecular weight excluding hydrogens is 300 g/mol. The van der Waals surface area contributed by atoms with Crippen LogP contribution >= 0.6 is 11.6 Å². The first-order chi connectivity index (χ1) is 9.80. The molecule has 0 fully saturated rings. The van der Waals surface area contributed by atoms with Crippen molar-refractivity contribution in [1.29, 1.82) is 0 Å². The molecule has 7 nitrogen and oxygen atoms in total. The molecule has 1 unspecified atom stereocenters. The van der Waals surface area contributed by atoms with E-state index in [1.807, 2.05) is 0 Å². The molecule has 0 aromatic heterocycles. The van der Waals surface area contributed by atoms with Gasteiger partial charge in [-0.25, -0.2) is 0 Å². The summed E-state index contributed by atoms with van der Waals surface area (Å²) in [5.74, 6) is -0.981. The Hall–Kier alpha value is -1.86. The van der Waals surface area contributed by atoms with E-state index in [0.29, 0.717) is 11.6 Å². The predicted molar refractivity (Wildman–Crippen MR) is 77.9 cm³/mol. The van der Waals surface area contributed by atoms with Crippen LogP contribution in [0.2, 0.25) is 5.02 Å². The molecule has 1 rings (SSSR count). The first kappa shape index (κ1) is 17.2. The molecule has 0 aliphatic rings. The first-order valence-corrected chi connectivity index (χ1v) is 6.73. The monoisotopic (exact) mass is 316 g/mol. The largest absolute Gasteiger partial charge is 0.487 e. The third-order valence-electron chi connectivity index (χ3n) is 3.02. The Labute approximate surface area is 127 Å². The van der Waals surface area contributed by atoms with Crippen LogP contribution in [0, 0.1) is 10.1 Å². The fourth-order valence-electron chi connectivity index (χ4n) is 1.78. The Bertz CT molecular complexity index is 537. The van der Waals surface area contributed by atoms with Gasteiger partial charge in [0.1, 0.15) is 5.54 Å². The van der Waals surface area contributed by atoms with Gasteiger partial charge in [0.05, 0.1) is 11.5 Å². The number of nitro groups is 1. The number of nitro benzene ring substituents is 1. The van der Waals surface area contributed by atoms with E-state index in [1.165, 1.54) is 25.1 Å². The Morgan fingerprint density at radius 1 is 1.57 bits per heavy atom. The number of benzene rings is 1. The molecule has 0 saturated carbocycles. The van der Waals surface area contributed by atoms with E-state index in [2.05, 4.69) is 5.32 Å². The summed E-state index contributed by atoms with van der Waals surface area (Å²) < 4.78 is 5.34. The van der Waals surface area contributed by atoms with Crippen molar-refractivity contribution in [2.75, 3.05) is 13.2 Å². The van der Waals surface area contributed by atoms with Gasteiger partial charge in [-0.3, -0.25) is 14.9 Å². The molecule has 0 saturated heterocycles. The number of likely N-dealkylation sites (N-methyl/N-ethyl adjacent to an activating group) is 1. The van der Waals surface area contributed by atoms with Crippen LogP contribution in [0.1, 0.15) is 20.3 Å². The lowest BCUT2D eigenvalue weighted by Crippen LogP contribution is -2.50. The molecule has 0 aliphatic heterocycles. The molecule has 0 amide bonds. The Kier molecular flexibility index (Phi) is 5.92. The Balaban J connectivity index is 2.77. The van der Waals surface area contributed by atoms with Crippen molar-refractivity contribution < 1.29 is 19.6 Å². The number of ether oxygens (including phenoxy) is 1. The van der Waals surface area contributed by atoms with E-state index in [9.17, 15) is 20.0 Å². The molecular formula is C13H17ClN2O5. The standard InChI is InChI=1S/C13H17ClN2O5/c1-3-15-13(2,12(17)18)6-7-21-11-8-9(14)4-5-10(11)16(19)20/h4-5,8,15H,3,6-7H2,1-2H3,(H,17,18). The molecule has 1 aromatic rings. The SMILES string of the molecule is CCNC(C)(CCOc1cc(Cl)ccc1[N+](=O)[O-])C(=O)O. The van der Waals surface area contributed by atoms with Crippen molar-refractivity contribution in [3.63, 3.8) is 0 Å². The number of hydrogen-bond donors (Lipinski definition) is 2. The maximum Gasteiger partial charge on any atom is 0.323 e. The number of carbonyl (C=O) groups is 1. The molecule has 21 heavy (non-hydrogen) atoms. The summed E-state index contributed by atoms with van der Waals surface area (Å²) in [6, 6.07) is 3.98. The number of carboxylic acids is 1. The quantitative estimate of drug-likeness (QED) is 0.564. The number of nitrogens with one attached hydrogen (secondary N) is 1. The summed E-state index contributed by atoms with van der Waals surface area (Å²) in [4.78, 5) is 21.5. The van der Waals surface area contributed by atoms with Gasteiger partial charge in [0, 0.05) is 23.6 Å². The molecule has 1 aromatic carbocycles. The lowest BCUT2D eigenvalue weighted by atomic mass is 9.98. The molecule has 116 valence electrons. The highest BCUT2D eigenvalue weighted by atomic mass is 35.5. The summed E-state index contributed by atoms with van der Waals surface area (Å²) in [5.41, 5.74) is -1.36. The zero-order chi connectivity index (χ0) is 16.0. The van der Waals surface area contributed by atoms with Gasteiger partial charge in [-0.05, 0) is 19.5 Å². The maximum absolute atomic E-state index is 11.2. The number of rotatable bonds is 8. The summed E-state index contributed by atoms with van der Waals surface area (Å²) in [5, 5.41) is 23.2. The summed E-state index contributed by atoms with van der Waals surface area (Å²) >= 11 is 5.78. The molecule has 0 aliphatic carbocycles. The predicted octanol–water partition coefficient (Wildman–Crippen LogP) is 2.47. The van der Waals surface area contributed by atoms with Crippen molar-refractivity contribution in [1.82, 2.24) is 5.32 Å². The fourth-order valence-corrected chi connectivity index (χ4v) is 1.94. The minimum atomic E-state index is -1.15. The van der Waals surface area contributed by atoms with Crippen molar-refractivity contribution >= 4 is 23.3 Å². The summed E-state index contributed by atoms with van der Waals surface area (Å²) in [6.07, 6.45) is 0.153. The normalized spacial score (nSPS) is 13.5. The highest BCUT2D eigenvalue weighted by Gasteiger charge is 2.32. The zero-order valence-electron chi connectivity index (χ0n) is 11.8. The Morgan fingerprint density at radius 3 is 2.76 bits per heavy atom. The Morgan fingerprint density at radius 2 is 2.24 bits per heavy atom. The van der Waals surface area contributed by atoms with E-state index in [0.717, 1.165) is 0 Å². The maximum atomic E-state index is 11.2. The van der Waals surface area contributed by atoms with Crippen LogP contribution in [0.3, 0.4) is 0 Å². The van der Waals surface area contributed by atoms with Gasteiger partial charge in [0.15, 0.2) is 5.75 Å². The molecule has 8 heteroatoms. The zero-order valence-corrected chi connectivity index (χ0v) is 12.5. The second kappa shape index (κ2) is 7.24.